The van der Waals surface area contributed by atoms with Gasteiger partial charge in [-0.25, -0.2) is 0 Å². The van der Waals surface area contributed by atoms with E-state index >= 15 is 0 Å². The summed E-state index contributed by atoms with van der Waals surface area (Å²) in [6.45, 7) is 2.68. The quantitative estimate of drug-likeness (QED) is 0.693. The summed E-state index contributed by atoms with van der Waals surface area (Å²) in [7, 11) is 0. The van der Waals surface area contributed by atoms with E-state index in [0.717, 1.165) is 11.3 Å². The second-order valence-electron chi connectivity index (χ2n) is 6.61. The zero-order valence-corrected chi connectivity index (χ0v) is 15.9. The zero-order chi connectivity index (χ0) is 20.2. The topological polar surface area (TPSA) is 81.0 Å². The molecule has 0 atom stereocenters. The summed E-state index contributed by atoms with van der Waals surface area (Å²) in [6.07, 6.45) is 1.44. The molecule has 1 aliphatic heterocycles. The molecule has 1 N–H and O–H groups in total. The summed E-state index contributed by atoms with van der Waals surface area (Å²) >= 11 is 0. The van der Waals surface area contributed by atoms with Crippen molar-refractivity contribution < 1.29 is 23.5 Å². The largest absolute Gasteiger partial charge is 0.492 e. The molecule has 3 aromatic rings. The Morgan fingerprint density at radius 1 is 1.17 bits per heavy atom. The molecule has 1 aliphatic rings. The minimum atomic E-state index is -0.356. The van der Waals surface area contributed by atoms with Gasteiger partial charge in [-0.15, -0.1) is 0 Å². The van der Waals surface area contributed by atoms with E-state index in [1.807, 2.05) is 31.2 Å². The number of anilines is 2. The Morgan fingerprint density at radius 3 is 2.86 bits per heavy atom. The predicted molar refractivity (Wildman–Crippen MR) is 108 cm³/mol. The van der Waals surface area contributed by atoms with Crippen LogP contribution in [0.2, 0.25) is 0 Å². The minimum Gasteiger partial charge on any atom is -0.492 e. The molecule has 7 nitrogen and oxygen atoms in total. The van der Waals surface area contributed by atoms with Crippen LogP contribution in [-0.2, 0) is 4.79 Å². The van der Waals surface area contributed by atoms with Crippen LogP contribution in [0.5, 0.6) is 11.5 Å². The van der Waals surface area contributed by atoms with Gasteiger partial charge in [-0.3, -0.25) is 9.59 Å². The maximum atomic E-state index is 12.3. The summed E-state index contributed by atoms with van der Waals surface area (Å²) in [4.78, 5) is 26.1. The molecule has 2 amide bonds. The van der Waals surface area contributed by atoms with Crippen LogP contribution in [0.15, 0.2) is 65.3 Å². The molecule has 2 aromatic carbocycles. The van der Waals surface area contributed by atoms with Crippen LogP contribution in [0.1, 0.15) is 16.1 Å². The Balaban J connectivity index is 1.44. The summed E-state index contributed by atoms with van der Waals surface area (Å²) in [5.74, 6) is 1.01. The van der Waals surface area contributed by atoms with Gasteiger partial charge in [0.05, 0.1) is 18.5 Å². The lowest BCUT2D eigenvalue weighted by molar-refractivity contribution is -0.121. The van der Waals surface area contributed by atoms with Crippen LogP contribution in [0.3, 0.4) is 0 Å². The fourth-order valence-corrected chi connectivity index (χ4v) is 3.09. The molecule has 0 fully saturated rings. The third-order valence-corrected chi connectivity index (χ3v) is 4.48. The number of fused-ring (bicyclic) bond motifs is 1. The van der Waals surface area contributed by atoms with E-state index in [9.17, 15) is 9.59 Å². The molecule has 0 radical (unpaired) electrons. The van der Waals surface area contributed by atoms with Crippen molar-refractivity contribution in [3.05, 3.63) is 72.2 Å². The number of hydrogen-bond acceptors (Lipinski definition) is 5. The molecule has 0 saturated heterocycles. The number of rotatable bonds is 6. The van der Waals surface area contributed by atoms with Gasteiger partial charge in [-0.1, -0.05) is 12.1 Å². The average molecular weight is 392 g/mol. The molecule has 1 aromatic heterocycles. The molecule has 2 heterocycles. The number of carbonyl (C=O) groups excluding carboxylic acids is 2. The maximum absolute atomic E-state index is 12.3. The number of benzene rings is 2. The van der Waals surface area contributed by atoms with Crippen molar-refractivity contribution in [1.29, 1.82) is 0 Å². The number of nitrogens with one attached hydrogen (secondary N) is 1. The number of amides is 2. The second kappa shape index (κ2) is 8.10. The van der Waals surface area contributed by atoms with E-state index < -0.39 is 0 Å². The Morgan fingerprint density at radius 2 is 2.07 bits per heavy atom. The Bertz CT molecular complexity index is 1030. The zero-order valence-electron chi connectivity index (χ0n) is 15.9. The third-order valence-electron chi connectivity index (χ3n) is 4.48. The number of nitrogens with zero attached hydrogens (tertiary/aromatic N) is 1. The van der Waals surface area contributed by atoms with Crippen molar-refractivity contribution in [2.24, 2.45) is 0 Å². The van der Waals surface area contributed by atoms with Crippen LogP contribution in [-0.4, -0.2) is 31.6 Å². The van der Waals surface area contributed by atoms with Crippen LogP contribution in [0, 0.1) is 6.92 Å². The Kier molecular flexibility index (Phi) is 5.20. The van der Waals surface area contributed by atoms with Gasteiger partial charge in [-0.2, -0.15) is 0 Å². The first kappa shape index (κ1) is 18.6. The molecule has 148 valence electrons. The van der Waals surface area contributed by atoms with E-state index in [1.165, 1.54) is 6.26 Å². The average Bonchev–Trinajstić information content (AvgIpc) is 3.25. The molecule has 4 rings (SSSR count). The highest BCUT2D eigenvalue weighted by atomic mass is 16.5. The van der Waals surface area contributed by atoms with Crippen molar-refractivity contribution in [3.63, 3.8) is 0 Å². The number of carbonyl (C=O) groups is 2. The van der Waals surface area contributed by atoms with Crippen molar-refractivity contribution in [3.8, 4) is 11.5 Å². The van der Waals surface area contributed by atoms with Crippen molar-refractivity contribution in [2.75, 3.05) is 30.0 Å². The molecule has 0 aliphatic carbocycles. The first-order valence-electron chi connectivity index (χ1n) is 9.22. The molecule has 29 heavy (non-hydrogen) atoms. The number of hydrogen-bond donors (Lipinski definition) is 1. The Labute approximate surface area is 167 Å². The summed E-state index contributed by atoms with van der Waals surface area (Å²) in [5, 5.41) is 2.75. The van der Waals surface area contributed by atoms with Gasteiger partial charge in [0.1, 0.15) is 18.1 Å². The van der Waals surface area contributed by atoms with Gasteiger partial charge in [-0.05, 0) is 48.9 Å². The van der Waals surface area contributed by atoms with Crippen LogP contribution < -0.4 is 19.7 Å². The fraction of sp³-hybridized carbons (Fsp3) is 0.182. The highest BCUT2D eigenvalue weighted by Gasteiger charge is 2.26. The maximum Gasteiger partial charge on any atom is 0.291 e. The lowest BCUT2D eigenvalue weighted by Crippen LogP contribution is -2.41. The summed E-state index contributed by atoms with van der Waals surface area (Å²) in [5.41, 5.74) is 2.31. The molecule has 0 saturated carbocycles. The lowest BCUT2D eigenvalue weighted by atomic mass is 10.2. The number of furan rings is 1. The first-order chi connectivity index (χ1) is 14.1. The van der Waals surface area contributed by atoms with Gasteiger partial charge in [0.15, 0.2) is 12.4 Å². The van der Waals surface area contributed by atoms with E-state index in [0.29, 0.717) is 30.3 Å². The van der Waals surface area contributed by atoms with Crippen LogP contribution in [0.25, 0.3) is 0 Å². The van der Waals surface area contributed by atoms with Crippen LogP contribution in [0.4, 0.5) is 11.4 Å². The van der Waals surface area contributed by atoms with E-state index in [4.69, 9.17) is 13.9 Å². The molecular formula is C22H20N2O5. The molecule has 0 bridgehead atoms. The minimum absolute atomic E-state index is 0.0625. The number of aryl methyl sites for hydroxylation is 1. The van der Waals surface area contributed by atoms with Gasteiger partial charge in [0, 0.05) is 11.8 Å². The summed E-state index contributed by atoms with van der Waals surface area (Å²) in [6, 6.07) is 16.1. The Hall–Kier alpha value is -3.74. The monoisotopic (exact) mass is 392 g/mol. The van der Waals surface area contributed by atoms with Crippen LogP contribution >= 0.6 is 0 Å². The third kappa shape index (κ3) is 4.24. The lowest BCUT2D eigenvalue weighted by Gasteiger charge is -2.29. The fourth-order valence-electron chi connectivity index (χ4n) is 3.09. The molecular weight excluding hydrogens is 372 g/mol. The normalized spacial score (nSPS) is 12.9. The number of ether oxygens (including phenoxy) is 2. The van der Waals surface area contributed by atoms with E-state index in [1.54, 1.807) is 35.2 Å². The molecule has 0 unspecified atom stereocenters. The molecule has 0 spiro atoms. The van der Waals surface area contributed by atoms with Gasteiger partial charge >= 0.3 is 0 Å². The van der Waals surface area contributed by atoms with Crippen molar-refractivity contribution in [2.45, 2.75) is 6.92 Å². The SMILES string of the molecule is Cc1cccc(OCCN2C(=O)COc3cc(NC(=O)c4ccco4)ccc32)c1. The highest BCUT2D eigenvalue weighted by Crippen LogP contribution is 2.34. The van der Waals surface area contributed by atoms with Gasteiger partial charge in [0.25, 0.3) is 11.8 Å². The van der Waals surface area contributed by atoms with Crippen molar-refractivity contribution in [1.82, 2.24) is 0 Å². The smallest absolute Gasteiger partial charge is 0.291 e. The van der Waals surface area contributed by atoms with Gasteiger partial charge in [0.2, 0.25) is 0 Å². The van der Waals surface area contributed by atoms with Crippen molar-refractivity contribution >= 4 is 23.2 Å². The van der Waals surface area contributed by atoms with E-state index in [2.05, 4.69) is 5.32 Å². The first-order valence-corrected chi connectivity index (χ1v) is 9.22. The predicted octanol–water partition coefficient (Wildman–Crippen LogP) is 3.64. The van der Waals surface area contributed by atoms with E-state index in [-0.39, 0.29) is 24.2 Å². The standard InChI is InChI=1S/C22H20N2O5/c1-15-4-2-5-17(12-15)27-11-9-24-18-8-7-16(13-20(18)29-14-21(24)25)23-22(26)19-6-3-10-28-19/h2-8,10,12-13H,9,11,14H2,1H3,(H,23,26). The second-order valence-corrected chi connectivity index (χ2v) is 6.61. The molecule has 7 heteroatoms. The summed E-state index contributed by atoms with van der Waals surface area (Å²) < 4.78 is 16.4. The van der Waals surface area contributed by atoms with Gasteiger partial charge < -0.3 is 24.1 Å². The highest BCUT2D eigenvalue weighted by molar-refractivity contribution is 6.03.